The van der Waals surface area contributed by atoms with Gasteiger partial charge in [0.2, 0.25) is 10.0 Å². The zero-order valence-electron chi connectivity index (χ0n) is 15.9. The predicted octanol–water partition coefficient (Wildman–Crippen LogP) is 0.220. The second kappa shape index (κ2) is 7.26. The lowest BCUT2D eigenvalue weighted by atomic mass is 10.2. The molecule has 2 aromatic heterocycles. The number of amides is 1. The van der Waals surface area contributed by atoms with Gasteiger partial charge in [-0.2, -0.15) is 9.40 Å². The van der Waals surface area contributed by atoms with Gasteiger partial charge in [-0.1, -0.05) is 0 Å². The first-order valence-corrected chi connectivity index (χ1v) is 12.9. The van der Waals surface area contributed by atoms with Gasteiger partial charge in [0.1, 0.15) is 5.69 Å². The Hall–Kier alpha value is -2.18. The summed E-state index contributed by atoms with van der Waals surface area (Å²) in [5.74, 6) is 0.253. The summed E-state index contributed by atoms with van der Waals surface area (Å²) >= 11 is 0. The molecule has 1 unspecified atom stereocenters. The minimum Gasteiger partial charge on any atom is -0.463 e. The molecule has 1 atom stereocenters. The van der Waals surface area contributed by atoms with Crippen molar-refractivity contribution in [3.05, 3.63) is 30.2 Å². The van der Waals surface area contributed by atoms with Crippen molar-refractivity contribution in [1.29, 1.82) is 0 Å². The van der Waals surface area contributed by atoms with Gasteiger partial charge in [0, 0.05) is 32.2 Å². The Morgan fingerprint density at radius 1 is 1.24 bits per heavy atom. The van der Waals surface area contributed by atoms with Gasteiger partial charge in [0.15, 0.2) is 21.3 Å². The number of sulfone groups is 1. The summed E-state index contributed by atoms with van der Waals surface area (Å²) in [6, 6.07) is 4.69. The molecule has 4 rings (SSSR count). The lowest BCUT2D eigenvalue weighted by molar-refractivity contribution is 0.0691. The molecule has 0 aliphatic carbocycles. The number of carbonyl (C=O) groups excluding carboxylic acids is 1. The molecule has 0 N–H and O–H groups in total. The molecule has 2 aliphatic rings. The number of hydrogen-bond acceptors (Lipinski definition) is 7. The maximum absolute atomic E-state index is 13.0. The highest BCUT2D eigenvalue weighted by atomic mass is 32.2. The molecule has 0 saturated carbocycles. The van der Waals surface area contributed by atoms with Gasteiger partial charge in [-0.15, -0.1) is 0 Å². The number of carbonyl (C=O) groups is 1. The van der Waals surface area contributed by atoms with Crippen LogP contribution in [0, 0.1) is 0 Å². The Bertz CT molecular complexity index is 1110. The van der Waals surface area contributed by atoms with E-state index >= 15 is 0 Å². The van der Waals surface area contributed by atoms with Crippen molar-refractivity contribution in [2.24, 2.45) is 0 Å². The molecule has 1 amide bonds. The van der Waals surface area contributed by atoms with Crippen LogP contribution in [0.1, 0.15) is 23.0 Å². The van der Waals surface area contributed by atoms with Crippen LogP contribution in [0.25, 0.3) is 11.5 Å². The van der Waals surface area contributed by atoms with Crippen LogP contribution in [0.3, 0.4) is 0 Å². The summed E-state index contributed by atoms with van der Waals surface area (Å²) in [4.78, 5) is 14.5. The van der Waals surface area contributed by atoms with E-state index in [0.717, 1.165) is 6.26 Å². The van der Waals surface area contributed by atoms with Crippen LogP contribution < -0.4 is 0 Å². The molecule has 12 heteroatoms. The molecule has 0 radical (unpaired) electrons. The van der Waals surface area contributed by atoms with Crippen molar-refractivity contribution in [2.75, 3.05) is 43.9 Å². The zero-order chi connectivity index (χ0) is 20.8. The first-order chi connectivity index (χ1) is 13.6. The van der Waals surface area contributed by atoms with Crippen LogP contribution >= 0.6 is 0 Å². The van der Waals surface area contributed by atoms with Crippen molar-refractivity contribution < 1.29 is 26.0 Å². The van der Waals surface area contributed by atoms with Crippen molar-refractivity contribution in [3.8, 4) is 11.5 Å². The molecule has 0 aromatic carbocycles. The number of hydrogen-bond donors (Lipinski definition) is 0. The molecule has 0 spiro atoms. The Balaban J connectivity index is 1.60. The third-order valence-electron chi connectivity index (χ3n) is 5.28. The Labute approximate surface area is 169 Å². The summed E-state index contributed by atoms with van der Waals surface area (Å²) in [6.45, 7) is 1.01. The highest BCUT2D eigenvalue weighted by Gasteiger charge is 2.34. The Kier molecular flexibility index (Phi) is 5.03. The van der Waals surface area contributed by atoms with Crippen LogP contribution in [-0.4, -0.2) is 85.7 Å². The van der Waals surface area contributed by atoms with Gasteiger partial charge < -0.3 is 9.32 Å². The third kappa shape index (κ3) is 4.09. The minimum absolute atomic E-state index is 0.0247. The van der Waals surface area contributed by atoms with E-state index in [-0.39, 0.29) is 55.3 Å². The molecule has 2 aromatic rings. The molecule has 0 bridgehead atoms. The van der Waals surface area contributed by atoms with Gasteiger partial charge in [0.05, 0.1) is 30.1 Å². The second-order valence-electron chi connectivity index (χ2n) is 7.35. The van der Waals surface area contributed by atoms with E-state index in [0.29, 0.717) is 17.9 Å². The van der Waals surface area contributed by atoms with E-state index in [4.69, 9.17) is 4.42 Å². The van der Waals surface area contributed by atoms with Gasteiger partial charge >= 0.3 is 0 Å². The molecule has 158 valence electrons. The van der Waals surface area contributed by atoms with Crippen LogP contribution in [0.2, 0.25) is 0 Å². The van der Waals surface area contributed by atoms with Crippen molar-refractivity contribution >= 4 is 25.8 Å². The van der Waals surface area contributed by atoms with Crippen LogP contribution in [-0.2, 0) is 19.9 Å². The SMILES string of the molecule is CS(=O)(=O)N1CCN(C(=O)c2cc(-c3ccco3)n(C3CCS(=O)(=O)C3)n2)CC1. The van der Waals surface area contributed by atoms with Crippen LogP contribution in [0.4, 0.5) is 0 Å². The summed E-state index contributed by atoms with van der Waals surface area (Å²) in [7, 11) is -6.42. The number of sulfonamides is 1. The van der Waals surface area contributed by atoms with Crippen LogP contribution in [0.5, 0.6) is 0 Å². The van der Waals surface area contributed by atoms with E-state index < -0.39 is 19.9 Å². The maximum Gasteiger partial charge on any atom is 0.274 e. The normalized spacial score (nSPS) is 22.8. The first-order valence-electron chi connectivity index (χ1n) is 9.22. The summed E-state index contributed by atoms with van der Waals surface area (Å²) in [5.41, 5.74) is 0.740. The van der Waals surface area contributed by atoms with E-state index in [2.05, 4.69) is 5.10 Å². The quantitative estimate of drug-likeness (QED) is 0.664. The highest BCUT2D eigenvalue weighted by molar-refractivity contribution is 7.91. The molecule has 10 nitrogen and oxygen atoms in total. The summed E-state index contributed by atoms with van der Waals surface area (Å²) in [5, 5.41) is 4.43. The van der Waals surface area contributed by atoms with Crippen molar-refractivity contribution in [3.63, 3.8) is 0 Å². The molecule has 4 heterocycles. The number of rotatable bonds is 4. The number of aromatic nitrogens is 2. The standard InChI is InChI=1S/C17H22N4O6S2/c1-28(23,24)20-7-5-19(6-8-20)17(22)14-11-15(16-3-2-9-27-16)21(18-14)13-4-10-29(25,26)12-13/h2-3,9,11,13H,4-8,10,12H2,1H3. The fraction of sp³-hybridized carbons (Fsp3) is 0.529. The minimum atomic E-state index is -3.29. The van der Waals surface area contributed by atoms with Crippen molar-refractivity contribution in [1.82, 2.24) is 19.0 Å². The third-order valence-corrected chi connectivity index (χ3v) is 8.33. The van der Waals surface area contributed by atoms with E-state index in [1.165, 1.54) is 10.6 Å². The molecular formula is C17H22N4O6S2. The van der Waals surface area contributed by atoms with Gasteiger partial charge in [-0.3, -0.25) is 9.48 Å². The second-order valence-corrected chi connectivity index (χ2v) is 11.6. The molecule has 2 fully saturated rings. The highest BCUT2D eigenvalue weighted by Crippen LogP contribution is 2.30. The summed E-state index contributed by atoms with van der Waals surface area (Å²) in [6.07, 6.45) is 3.08. The largest absolute Gasteiger partial charge is 0.463 e. The van der Waals surface area contributed by atoms with Gasteiger partial charge in [-0.05, 0) is 18.6 Å². The number of piperazine rings is 1. The predicted molar refractivity (Wildman–Crippen MR) is 105 cm³/mol. The van der Waals surface area contributed by atoms with Crippen molar-refractivity contribution in [2.45, 2.75) is 12.5 Å². The van der Waals surface area contributed by atoms with Gasteiger partial charge in [-0.25, -0.2) is 16.8 Å². The Morgan fingerprint density at radius 2 is 1.97 bits per heavy atom. The monoisotopic (exact) mass is 442 g/mol. The first kappa shape index (κ1) is 20.1. The number of nitrogens with zero attached hydrogens (tertiary/aromatic N) is 4. The average molecular weight is 443 g/mol. The Morgan fingerprint density at radius 3 is 2.52 bits per heavy atom. The maximum atomic E-state index is 13.0. The molecular weight excluding hydrogens is 420 g/mol. The lowest BCUT2D eigenvalue weighted by Gasteiger charge is -2.32. The van der Waals surface area contributed by atoms with E-state index in [9.17, 15) is 21.6 Å². The fourth-order valence-electron chi connectivity index (χ4n) is 3.74. The molecule has 2 saturated heterocycles. The smallest absolute Gasteiger partial charge is 0.274 e. The average Bonchev–Trinajstić information content (AvgIpc) is 3.39. The topological polar surface area (TPSA) is 123 Å². The van der Waals surface area contributed by atoms with E-state index in [1.807, 2.05) is 0 Å². The van der Waals surface area contributed by atoms with E-state index in [1.54, 1.807) is 27.8 Å². The molecule has 29 heavy (non-hydrogen) atoms. The zero-order valence-corrected chi connectivity index (χ0v) is 17.5. The van der Waals surface area contributed by atoms with Crippen LogP contribution in [0.15, 0.2) is 28.9 Å². The fourth-order valence-corrected chi connectivity index (χ4v) is 6.26. The molecule has 2 aliphatic heterocycles. The lowest BCUT2D eigenvalue weighted by Crippen LogP contribution is -2.50. The summed E-state index contributed by atoms with van der Waals surface area (Å²) < 4.78 is 55.5. The number of furan rings is 1. The van der Waals surface area contributed by atoms with Gasteiger partial charge in [0.25, 0.3) is 5.91 Å².